The second-order valence-corrected chi connectivity index (χ2v) is 5.70. The molecule has 2 unspecified atom stereocenters. The first-order valence-corrected chi connectivity index (χ1v) is 7.80. The number of benzene rings is 2. The number of nitrogens with one attached hydrogen (secondary N) is 1. The summed E-state index contributed by atoms with van der Waals surface area (Å²) in [6.45, 7) is 2.97. The Kier molecular flexibility index (Phi) is 4.26. The maximum Gasteiger partial charge on any atom is 0.124 e. The monoisotopic (exact) mass is 281 g/mol. The van der Waals surface area contributed by atoms with Crippen LogP contribution in [-0.2, 0) is 6.42 Å². The van der Waals surface area contributed by atoms with Crippen LogP contribution < -0.4 is 10.1 Å². The van der Waals surface area contributed by atoms with Gasteiger partial charge in [-0.3, -0.25) is 0 Å². The summed E-state index contributed by atoms with van der Waals surface area (Å²) in [7, 11) is 2.01. The van der Waals surface area contributed by atoms with E-state index < -0.39 is 0 Å². The molecule has 0 aromatic heterocycles. The molecule has 0 spiro atoms. The Bertz CT molecular complexity index is 604. The zero-order chi connectivity index (χ0) is 14.7. The summed E-state index contributed by atoms with van der Waals surface area (Å²) in [5.41, 5.74) is 4.19. The molecule has 0 fully saturated rings. The largest absolute Gasteiger partial charge is 0.493 e. The normalized spacial score (nSPS) is 17.7. The second-order valence-electron chi connectivity index (χ2n) is 5.70. The van der Waals surface area contributed by atoms with Crippen molar-refractivity contribution in [1.29, 1.82) is 0 Å². The van der Waals surface area contributed by atoms with Gasteiger partial charge in [0.1, 0.15) is 5.75 Å². The van der Waals surface area contributed by atoms with Gasteiger partial charge in [-0.05, 0) is 37.1 Å². The third-order valence-corrected chi connectivity index (χ3v) is 4.45. The van der Waals surface area contributed by atoms with Crippen LogP contribution in [0.15, 0.2) is 48.5 Å². The van der Waals surface area contributed by atoms with Crippen molar-refractivity contribution in [1.82, 2.24) is 5.32 Å². The van der Waals surface area contributed by atoms with Gasteiger partial charge in [0.15, 0.2) is 0 Å². The van der Waals surface area contributed by atoms with Crippen molar-refractivity contribution in [2.75, 3.05) is 13.7 Å². The number of para-hydroxylation sites is 1. The zero-order valence-corrected chi connectivity index (χ0v) is 12.8. The highest BCUT2D eigenvalue weighted by Crippen LogP contribution is 2.36. The summed E-state index contributed by atoms with van der Waals surface area (Å²) < 4.78 is 6.14. The lowest BCUT2D eigenvalue weighted by Crippen LogP contribution is -2.24. The minimum absolute atomic E-state index is 0.356. The van der Waals surface area contributed by atoms with E-state index in [-0.39, 0.29) is 0 Å². The van der Waals surface area contributed by atoms with Gasteiger partial charge in [0, 0.05) is 17.5 Å². The zero-order valence-electron chi connectivity index (χ0n) is 12.8. The minimum Gasteiger partial charge on any atom is -0.493 e. The van der Waals surface area contributed by atoms with Gasteiger partial charge < -0.3 is 10.1 Å². The van der Waals surface area contributed by atoms with Crippen LogP contribution in [-0.4, -0.2) is 13.7 Å². The first kappa shape index (κ1) is 14.2. The SMILES string of the molecule is CCC(NC)c1ccccc1OCC1Cc2ccccc21. The van der Waals surface area contributed by atoms with E-state index >= 15 is 0 Å². The maximum absolute atomic E-state index is 6.14. The molecule has 2 heteroatoms. The lowest BCUT2D eigenvalue weighted by Gasteiger charge is -2.30. The Morgan fingerprint density at radius 2 is 1.90 bits per heavy atom. The van der Waals surface area contributed by atoms with Gasteiger partial charge >= 0.3 is 0 Å². The van der Waals surface area contributed by atoms with E-state index in [1.807, 2.05) is 7.05 Å². The minimum atomic E-state index is 0.356. The smallest absolute Gasteiger partial charge is 0.124 e. The number of fused-ring (bicyclic) bond motifs is 1. The topological polar surface area (TPSA) is 21.3 Å². The lowest BCUT2D eigenvalue weighted by atomic mass is 9.78. The molecule has 3 rings (SSSR count). The van der Waals surface area contributed by atoms with Crippen molar-refractivity contribution in [3.05, 3.63) is 65.2 Å². The molecule has 1 N–H and O–H groups in total. The van der Waals surface area contributed by atoms with Crippen molar-refractivity contribution >= 4 is 0 Å². The van der Waals surface area contributed by atoms with Crippen molar-refractivity contribution in [3.8, 4) is 5.75 Å². The number of hydrogen-bond acceptors (Lipinski definition) is 2. The van der Waals surface area contributed by atoms with E-state index in [0.29, 0.717) is 12.0 Å². The first-order chi connectivity index (χ1) is 10.3. The Balaban J connectivity index is 1.69. The van der Waals surface area contributed by atoms with Crippen molar-refractivity contribution in [3.63, 3.8) is 0 Å². The Morgan fingerprint density at radius 3 is 2.67 bits per heavy atom. The average molecular weight is 281 g/mol. The lowest BCUT2D eigenvalue weighted by molar-refractivity contribution is 0.270. The molecule has 21 heavy (non-hydrogen) atoms. The Labute approximate surface area is 127 Å². The summed E-state index contributed by atoms with van der Waals surface area (Å²) in [6.07, 6.45) is 2.20. The highest BCUT2D eigenvalue weighted by Gasteiger charge is 2.26. The van der Waals surface area contributed by atoms with E-state index in [0.717, 1.165) is 25.2 Å². The number of rotatable bonds is 6. The molecule has 0 aliphatic heterocycles. The molecule has 0 amide bonds. The van der Waals surface area contributed by atoms with Gasteiger partial charge in [-0.2, -0.15) is 0 Å². The summed E-state index contributed by atoms with van der Waals surface area (Å²) in [6, 6.07) is 17.4. The molecule has 0 bridgehead atoms. The van der Waals surface area contributed by atoms with E-state index in [9.17, 15) is 0 Å². The predicted octanol–water partition coefficient (Wildman–Crippen LogP) is 4.08. The van der Waals surface area contributed by atoms with Gasteiger partial charge in [0.25, 0.3) is 0 Å². The summed E-state index contributed by atoms with van der Waals surface area (Å²) >= 11 is 0. The third kappa shape index (κ3) is 2.81. The average Bonchev–Trinajstić information content (AvgIpc) is 2.51. The fourth-order valence-corrected chi connectivity index (χ4v) is 3.18. The molecule has 2 nitrogen and oxygen atoms in total. The molecule has 0 saturated heterocycles. The molecular formula is C19H23NO. The van der Waals surface area contributed by atoms with Crippen LogP contribution in [0.1, 0.15) is 42.0 Å². The molecular weight excluding hydrogens is 258 g/mol. The number of hydrogen-bond donors (Lipinski definition) is 1. The van der Waals surface area contributed by atoms with Crippen molar-refractivity contribution in [2.24, 2.45) is 0 Å². The third-order valence-electron chi connectivity index (χ3n) is 4.45. The Morgan fingerprint density at radius 1 is 1.14 bits per heavy atom. The molecule has 0 saturated carbocycles. The Hall–Kier alpha value is -1.80. The van der Waals surface area contributed by atoms with E-state index in [2.05, 4.69) is 60.8 Å². The second kappa shape index (κ2) is 6.31. The van der Waals surface area contributed by atoms with Gasteiger partial charge in [-0.1, -0.05) is 49.4 Å². The van der Waals surface area contributed by atoms with Crippen LogP contribution in [0.2, 0.25) is 0 Å². The van der Waals surface area contributed by atoms with Crippen LogP contribution in [0, 0.1) is 0 Å². The van der Waals surface area contributed by atoms with Crippen LogP contribution in [0.4, 0.5) is 0 Å². The van der Waals surface area contributed by atoms with Gasteiger partial charge in [-0.25, -0.2) is 0 Å². The van der Waals surface area contributed by atoms with Crippen LogP contribution in [0.5, 0.6) is 5.75 Å². The molecule has 110 valence electrons. The molecule has 2 aromatic rings. The van der Waals surface area contributed by atoms with Crippen LogP contribution in [0.3, 0.4) is 0 Å². The predicted molar refractivity (Wildman–Crippen MR) is 86.9 cm³/mol. The molecule has 2 aromatic carbocycles. The van der Waals surface area contributed by atoms with Gasteiger partial charge in [0.2, 0.25) is 0 Å². The van der Waals surface area contributed by atoms with Crippen LogP contribution in [0.25, 0.3) is 0 Å². The fourth-order valence-electron chi connectivity index (χ4n) is 3.18. The van der Waals surface area contributed by atoms with Crippen LogP contribution >= 0.6 is 0 Å². The van der Waals surface area contributed by atoms with Crippen molar-refractivity contribution in [2.45, 2.75) is 31.7 Å². The van der Waals surface area contributed by atoms with Crippen molar-refractivity contribution < 1.29 is 4.74 Å². The highest BCUT2D eigenvalue weighted by molar-refractivity contribution is 5.41. The molecule has 1 aliphatic carbocycles. The summed E-state index contributed by atoms with van der Waals surface area (Å²) in [4.78, 5) is 0. The quantitative estimate of drug-likeness (QED) is 0.861. The van der Waals surface area contributed by atoms with E-state index in [4.69, 9.17) is 4.74 Å². The van der Waals surface area contributed by atoms with E-state index in [1.165, 1.54) is 16.7 Å². The molecule has 0 heterocycles. The number of ether oxygens (including phenoxy) is 1. The standard InChI is InChI=1S/C19H23NO/c1-3-18(20-2)17-10-6-7-11-19(17)21-13-15-12-14-8-4-5-9-16(14)15/h4-11,15,18,20H,3,12-13H2,1-2H3. The first-order valence-electron chi connectivity index (χ1n) is 7.80. The molecule has 0 radical (unpaired) electrons. The van der Waals surface area contributed by atoms with E-state index in [1.54, 1.807) is 0 Å². The molecule has 2 atom stereocenters. The maximum atomic E-state index is 6.14. The fraction of sp³-hybridized carbons (Fsp3) is 0.368. The van der Waals surface area contributed by atoms with Gasteiger partial charge in [-0.15, -0.1) is 0 Å². The summed E-state index contributed by atoms with van der Waals surface area (Å²) in [5, 5.41) is 3.36. The highest BCUT2D eigenvalue weighted by atomic mass is 16.5. The summed E-state index contributed by atoms with van der Waals surface area (Å²) in [5.74, 6) is 1.56. The molecule has 1 aliphatic rings. The van der Waals surface area contributed by atoms with Gasteiger partial charge in [0.05, 0.1) is 6.61 Å².